The van der Waals surface area contributed by atoms with Crippen molar-refractivity contribution in [2.24, 2.45) is 7.05 Å². The molecule has 1 aromatic heterocycles. The first-order chi connectivity index (χ1) is 9.42. The maximum absolute atomic E-state index is 12.2. The number of benzene rings is 1. The number of carbonyl (C=O) groups excluding carboxylic acids is 1. The van der Waals surface area contributed by atoms with Gasteiger partial charge in [-0.2, -0.15) is 5.10 Å². The third-order valence-corrected chi connectivity index (χ3v) is 3.20. The van der Waals surface area contributed by atoms with Crippen LogP contribution in [0.2, 0.25) is 0 Å². The van der Waals surface area contributed by atoms with Crippen LogP contribution in [-0.4, -0.2) is 22.8 Å². The second-order valence-corrected chi connectivity index (χ2v) is 5.21. The van der Waals surface area contributed by atoms with Crippen LogP contribution < -0.4 is 10.1 Å². The zero-order valence-corrected chi connectivity index (χ0v) is 12.2. The molecular formula is C15H19N3O2. The minimum absolute atomic E-state index is 0.140. The van der Waals surface area contributed by atoms with Crippen molar-refractivity contribution in [3.63, 3.8) is 0 Å². The summed E-state index contributed by atoms with van der Waals surface area (Å²) >= 11 is 0. The summed E-state index contributed by atoms with van der Waals surface area (Å²) in [6.45, 7) is 3.92. The molecule has 0 unspecified atom stereocenters. The molecule has 0 aliphatic carbocycles. The predicted octanol–water partition coefficient (Wildman–Crippen LogP) is 2.09. The Kier molecular flexibility index (Phi) is 3.79. The summed E-state index contributed by atoms with van der Waals surface area (Å²) in [5.41, 5.74) is 1.09. The Labute approximate surface area is 118 Å². The first-order valence-corrected chi connectivity index (χ1v) is 6.38. The lowest BCUT2D eigenvalue weighted by Gasteiger charge is -2.26. The fourth-order valence-electron chi connectivity index (χ4n) is 1.97. The van der Waals surface area contributed by atoms with Crippen LogP contribution in [0.1, 0.15) is 29.8 Å². The fraction of sp³-hybridized carbons (Fsp3) is 0.333. The lowest BCUT2D eigenvalue weighted by Crippen LogP contribution is -2.40. The zero-order valence-electron chi connectivity index (χ0n) is 12.2. The number of nitrogens with zero attached hydrogens (tertiary/aromatic N) is 2. The Balaban J connectivity index is 2.15. The molecule has 0 saturated heterocycles. The van der Waals surface area contributed by atoms with Crippen molar-refractivity contribution in [2.75, 3.05) is 7.11 Å². The normalized spacial score (nSPS) is 11.2. The van der Waals surface area contributed by atoms with Crippen LogP contribution in [0.15, 0.2) is 36.7 Å². The molecule has 0 saturated carbocycles. The number of aromatic nitrogens is 2. The number of methoxy groups -OCH3 is 1. The van der Waals surface area contributed by atoms with Gasteiger partial charge < -0.3 is 10.1 Å². The van der Waals surface area contributed by atoms with Gasteiger partial charge in [-0.25, -0.2) is 0 Å². The number of hydrogen-bond acceptors (Lipinski definition) is 3. The minimum atomic E-state index is -0.473. The second-order valence-electron chi connectivity index (χ2n) is 5.21. The standard InChI is InChI=1S/C15H19N3O2/c1-15(2,12-5-7-13(20-4)8-6-12)17-14(19)11-9-16-18(3)10-11/h5-10H,1-4H3,(H,17,19). The number of ether oxygens (including phenoxy) is 1. The first-order valence-electron chi connectivity index (χ1n) is 6.38. The van der Waals surface area contributed by atoms with E-state index in [1.807, 2.05) is 38.1 Å². The van der Waals surface area contributed by atoms with Crippen LogP contribution in [0.3, 0.4) is 0 Å². The maximum atomic E-state index is 12.2. The Morgan fingerprint density at radius 2 is 1.95 bits per heavy atom. The maximum Gasteiger partial charge on any atom is 0.255 e. The van der Waals surface area contributed by atoms with E-state index in [9.17, 15) is 4.79 Å². The molecule has 5 nitrogen and oxygen atoms in total. The quantitative estimate of drug-likeness (QED) is 0.928. The van der Waals surface area contributed by atoms with Crippen molar-refractivity contribution in [2.45, 2.75) is 19.4 Å². The lowest BCUT2D eigenvalue weighted by molar-refractivity contribution is 0.0912. The molecule has 0 bridgehead atoms. The van der Waals surface area contributed by atoms with Crippen LogP contribution in [0, 0.1) is 0 Å². The summed E-state index contributed by atoms with van der Waals surface area (Å²) in [5.74, 6) is 0.655. The molecule has 1 N–H and O–H groups in total. The number of amides is 1. The molecule has 1 amide bonds. The van der Waals surface area contributed by atoms with Gasteiger partial charge in [0.1, 0.15) is 5.75 Å². The van der Waals surface area contributed by atoms with Crippen molar-refractivity contribution in [1.29, 1.82) is 0 Å². The average Bonchev–Trinajstić information content (AvgIpc) is 2.85. The third kappa shape index (κ3) is 2.99. The SMILES string of the molecule is COc1ccc(C(C)(C)NC(=O)c2cnn(C)c2)cc1. The Hall–Kier alpha value is -2.30. The van der Waals surface area contributed by atoms with E-state index in [1.54, 1.807) is 31.2 Å². The summed E-state index contributed by atoms with van der Waals surface area (Å²) in [7, 11) is 3.41. The van der Waals surface area contributed by atoms with Crippen LogP contribution in [0.5, 0.6) is 5.75 Å². The zero-order chi connectivity index (χ0) is 14.8. The molecule has 0 radical (unpaired) electrons. The molecule has 0 spiro atoms. The van der Waals surface area contributed by atoms with Gasteiger partial charge in [-0.15, -0.1) is 0 Å². The van der Waals surface area contributed by atoms with Crippen LogP contribution in [0.4, 0.5) is 0 Å². The summed E-state index contributed by atoms with van der Waals surface area (Å²) < 4.78 is 6.74. The molecule has 0 atom stereocenters. The van der Waals surface area contributed by atoms with E-state index in [4.69, 9.17) is 4.74 Å². The van der Waals surface area contributed by atoms with E-state index < -0.39 is 5.54 Å². The van der Waals surface area contributed by atoms with Crippen LogP contribution in [-0.2, 0) is 12.6 Å². The largest absolute Gasteiger partial charge is 0.497 e. The van der Waals surface area contributed by atoms with Gasteiger partial charge in [-0.1, -0.05) is 12.1 Å². The van der Waals surface area contributed by atoms with Crippen molar-refractivity contribution < 1.29 is 9.53 Å². The van der Waals surface area contributed by atoms with Gasteiger partial charge in [-0.05, 0) is 31.5 Å². The fourth-order valence-corrected chi connectivity index (χ4v) is 1.97. The summed E-state index contributed by atoms with van der Waals surface area (Å²) in [6.07, 6.45) is 3.25. The van der Waals surface area contributed by atoms with Gasteiger partial charge in [0.2, 0.25) is 0 Å². The molecule has 0 aliphatic heterocycles. The molecule has 1 aromatic carbocycles. The number of rotatable bonds is 4. The van der Waals surface area contributed by atoms with Gasteiger partial charge >= 0.3 is 0 Å². The highest BCUT2D eigenvalue weighted by atomic mass is 16.5. The first kappa shape index (κ1) is 14.1. The molecule has 5 heteroatoms. The number of nitrogens with one attached hydrogen (secondary N) is 1. The molecule has 2 aromatic rings. The number of carbonyl (C=O) groups is 1. The summed E-state index contributed by atoms with van der Waals surface area (Å²) in [5, 5.41) is 7.01. The van der Waals surface area contributed by atoms with Crippen molar-refractivity contribution >= 4 is 5.91 Å². The van der Waals surface area contributed by atoms with Gasteiger partial charge in [0.25, 0.3) is 5.91 Å². The smallest absolute Gasteiger partial charge is 0.255 e. The van der Waals surface area contributed by atoms with Gasteiger partial charge in [0.05, 0.1) is 24.4 Å². The highest BCUT2D eigenvalue weighted by Crippen LogP contribution is 2.23. The molecule has 0 fully saturated rings. The van der Waals surface area contributed by atoms with Crippen molar-refractivity contribution in [3.05, 3.63) is 47.8 Å². The highest BCUT2D eigenvalue weighted by molar-refractivity contribution is 5.94. The Bertz CT molecular complexity index is 600. The summed E-state index contributed by atoms with van der Waals surface area (Å²) in [6, 6.07) is 7.66. The van der Waals surface area contributed by atoms with E-state index in [2.05, 4.69) is 10.4 Å². The van der Waals surface area contributed by atoms with Gasteiger partial charge in [-0.3, -0.25) is 9.48 Å². The lowest BCUT2D eigenvalue weighted by atomic mass is 9.94. The summed E-state index contributed by atoms with van der Waals surface area (Å²) in [4.78, 5) is 12.2. The monoisotopic (exact) mass is 273 g/mol. The van der Waals surface area contributed by atoms with Crippen LogP contribution >= 0.6 is 0 Å². The number of aryl methyl sites for hydroxylation is 1. The van der Waals surface area contributed by atoms with E-state index in [-0.39, 0.29) is 5.91 Å². The van der Waals surface area contributed by atoms with Crippen LogP contribution in [0.25, 0.3) is 0 Å². The predicted molar refractivity (Wildman–Crippen MR) is 76.7 cm³/mol. The minimum Gasteiger partial charge on any atom is -0.497 e. The second kappa shape index (κ2) is 5.36. The van der Waals surface area contributed by atoms with Gasteiger partial charge in [0.15, 0.2) is 0 Å². The van der Waals surface area contributed by atoms with E-state index in [0.29, 0.717) is 5.56 Å². The number of hydrogen-bond donors (Lipinski definition) is 1. The molecule has 2 rings (SSSR count). The van der Waals surface area contributed by atoms with Crippen molar-refractivity contribution in [3.8, 4) is 5.75 Å². The van der Waals surface area contributed by atoms with Gasteiger partial charge in [0, 0.05) is 13.2 Å². The Morgan fingerprint density at radius 1 is 1.30 bits per heavy atom. The highest BCUT2D eigenvalue weighted by Gasteiger charge is 2.24. The van der Waals surface area contributed by atoms with E-state index >= 15 is 0 Å². The Morgan fingerprint density at radius 3 is 2.45 bits per heavy atom. The third-order valence-electron chi connectivity index (χ3n) is 3.20. The molecule has 1 heterocycles. The van der Waals surface area contributed by atoms with E-state index in [1.165, 1.54) is 0 Å². The topological polar surface area (TPSA) is 56.1 Å². The van der Waals surface area contributed by atoms with Crippen molar-refractivity contribution in [1.82, 2.24) is 15.1 Å². The molecule has 0 aliphatic rings. The molecule has 20 heavy (non-hydrogen) atoms. The molecule has 106 valence electrons. The molecular weight excluding hydrogens is 254 g/mol. The average molecular weight is 273 g/mol. The van der Waals surface area contributed by atoms with E-state index in [0.717, 1.165) is 11.3 Å².